The fourth-order valence-electron chi connectivity index (χ4n) is 0.839. The molecule has 6 heteroatoms. The van der Waals surface area contributed by atoms with Gasteiger partial charge in [-0.25, -0.2) is 0 Å². The zero-order valence-electron chi connectivity index (χ0n) is 8.45. The summed E-state index contributed by atoms with van der Waals surface area (Å²) in [5, 5.41) is 2.48. The van der Waals surface area contributed by atoms with E-state index in [1.165, 1.54) is 0 Å². The molecule has 0 aromatic carbocycles. The quantitative estimate of drug-likeness (QED) is 0.588. The summed E-state index contributed by atoms with van der Waals surface area (Å²) >= 11 is 0. The Morgan fingerprint density at radius 2 is 1.79 bits per heavy atom. The largest absolute Gasteiger partial charge is 0.368 e. The molecule has 0 heterocycles. The highest BCUT2D eigenvalue weighted by atomic mass is 35.5. The van der Waals surface area contributed by atoms with Crippen LogP contribution in [0.25, 0.3) is 0 Å². The summed E-state index contributed by atoms with van der Waals surface area (Å²) in [4.78, 5) is 21.9. The number of carbonyl (C=O) groups excluding carboxylic acids is 2. The fraction of sp³-hybridized carbons (Fsp3) is 0.750. The molecular weight excluding hydrogens is 206 g/mol. The molecule has 0 saturated carbocycles. The van der Waals surface area contributed by atoms with E-state index in [0.717, 1.165) is 0 Å². The summed E-state index contributed by atoms with van der Waals surface area (Å²) in [5.41, 5.74) is 10.5. The van der Waals surface area contributed by atoms with Gasteiger partial charge in [0.05, 0.1) is 6.04 Å². The molecule has 0 aliphatic heterocycles. The van der Waals surface area contributed by atoms with E-state index >= 15 is 0 Å². The molecule has 14 heavy (non-hydrogen) atoms. The molecule has 5 nitrogen and oxygen atoms in total. The maximum absolute atomic E-state index is 11.2. The lowest BCUT2D eigenvalue weighted by Crippen LogP contribution is -2.49. The Morgan fingerprint density at radius 1 is 1.29 bits per heavy atom. The highest BCUT2D eigenvalue weighted by Gasteiger charge is 2.18. The van der Waals surface area contributed by atoms with Gasteiger partial charge < -0.3 is 16.8 Å². The Kier molecular flexibility index (Phi) is 8.48. The first-order chi connectivity index (χ1) is 6.02. The van der Waals surface area contributed by atoms with Crippen LogP contribution < -0.4 is 16.8 Å². The molecule has 0 aromatic heterocycles. The topological polar surface area (TPSA) is 98.2 Å². The average Bonchev–Trinajstić information content (AvgIpc) is 2.11. The lowest BCUT2D eigenvalue weighted by Gasteiger charge is -2.15. The van der Waals surface area contributed by atoms with Crippen LogP contribution in [0.2, 0.25) is 0 Å². The molecule has 0 fully saturated rings. The van der Waals surface area contributed by atoms with Crippen LogP contribution in [0, 0.1) is 0 Å². The maximum Gasteiger partial charge on any atom is 0.239 e. The Labute approximate surface area is 90.0 Å². The predicted octanol–water partition coefficient (Wildman–Crippen LogP) is -0.474. The van der Waals surface area contributed by atoms with Crippen LogP contribution in [0.4, 0.5) is 0 Å². The van der Waals surface area contributed by atoms with Crippen LogP contribution in [-0.4, -0.2) is 23.9 Å². The van der Waals surface area contributed by atoms with Gasteiger partial charge in [0.15, 0.2) is 0 Å². The minimum absolute atomic E-state index is 0. The second-order valence-electron chi connectivity index (χ2n) is 2.89. The van der Waals surface area contributed by atoms with Gasteiger partial charge in [0.2, 0.25) is 11.8 Å². The Balaban J connectivity index is 0. The van der Waals surface area contributed by atoms with E-state index in [-0.39, 0.29) is 18.3 Å². The van der Waals surface area contributed by atoms with Gasteiger partial charge in [-0.05, 0) is 12.8 Å². The van der Waals surface area contributed by atoms with Crippen LogP contribution in [-0.2, 0) is 9.59 Å². The number of hydrogen-bond acceptors (Lipinski definition) is 3. The van der Waals surface area contributed by atoms with Gasteiger partial charge in [-0.2, -0.15) is 0 Å². The lowest BCUT2D eigenvalue weighted by atomic mass is 10.1. The van der Waals surface area contributed by atoms with Crippen molar-refractivity contribution >= 4 is 24.2 Å². The molecule has 84 valence electrons. The van der Waals surface area contributed by atoms with E-state index in [1.54, 1.807) is 13.8 Å². The Hall–Kier alpha value is -0.810. The number of rotatable bonds is 5. The van der Waals surface area contributed by atoms with Crippen molar-refractivity contribution in [2.75, 3.05) is 0 Å². The van der Waals surface area contributed by atoms with E-state index in [2.05, 4.69) is 5.32 Å². The van der Waals surface area contributed by atoms with Gasteiger partial charge in [-0.15, -0.1) is 12.4 Å². The van der Waals surface area contributed by atoms with E-state index in [1.807, 2.05) is 0 Å². The van der Waals surface area contributed by atoms with Crippen molar-refractivity contribution in [1.29, 1.82) is 0 Å². The molecule has 2 amide bonds. The molecule has 0 radical (unpaired) electrons. The number of nitrogens with one attached hydrogen (secondary N) is 1. The maximum atomic E-state index is 11.2. The smallest absolute Gasteiger partial charge is 0.239 e. The van der Waals surface area contributed by atoms with Crippen LogP contribution >= 0.6 is 12.4 Å². The van der Waals surface area contributed by atoms with Crippen LogP contribution in [0.15, 0.2) is 0 Å². The average molecular weight is 224 g/mol. The Morgan fingerprint density at radius 3 is 2.07 bits per heavy atom. The summed E-state index contributed by atoms with van der Waals surface area (Å²) in [6.07, 6.45) is 1.03. The van der Waals surface area contributed by atoms with Crippen molar-refractivity contribution in [3.8, 4) is 0 Å². The second kappa shape index (κ2) is 7.58. The normalized spacial score (nSPS) is 13.6. The molecule has 0 bridgehead atoms. The summed E-state index contributed by atoms with van der Waals surface area (Å²) in [6.45, 7) is 3.57. The molecule has 0 aliphatic rings. The molecule has 0 spiro atoms. The van der Waals surface area contributed by atoms with Crippen LogP contribution in [0.1, 0.15) is 26.7 Å². The van der Waals surface area contributed by atoms with Crippen molar-refractivity contribution in [3.63, 3.8) is 0 Å². The highest BCUT2D eigenvalue weighted by molar-refractivity contribution is 5.88. The van der Waals surface area contributed by atoms with E-state index in [0.29, 0.717) is 12.8 Å². The molecule has 5 N–H and O–H groups in total. The molecular formula is C8H18ClN3O2. The minimum Gasteiger partial charge on any atom is -0.368 e. The number of primary amides is 1. The minimum atomic E-state index is -0.606. The molecule has 0 aromatic rings. The molecule has 0 unspecified atom stereocenters. The number of hydrogen-bond donors (Lipinski definition) is 3. The lowest BCUT2D eigenvalue weighted by molar-refractivity contribution is -0.128. The number of carbonyl (C=O) groups is 2. The summed E-state index contributed by atoms with van der Waals surface area (Å²) in [6, 6.07) is -1.17. The number of halogens is 1. The van der Waals surface area contributed by atoms with Gasteiger partial charge in [-0.3, -0.25) is 9.59 Å². The van der Waals surface area contributed by atoms with Gasteiger partial charge >= 0.3 is 0 Å². The zero-order chi connectivity index (χ0) is 10.4. The summed E-state index contributed by atoms with van der Waals surface area (Å²) in [5.74, 6) is -0.854. The zero-order valence-corrected chi connectivity index (χ0v) is 9.26. The highest BCUT2D eigenvalue weighted by Crippen LogP contribution is 1.92. The third kappa shape index (κ3) is 5.04. The first-order valence-electron chi connectivity index (χ1n) is 4.38. The summed E-state index contributed by atoms with van der Waals surface area (Å²) < 4.78 is 0. The molecule has 2 atom stereocenters. The summed E-state index contributed by atoms with van der Waals surface area (Å²) in [7, 11) is 0. The van der Waals surface area contributed by atoms with Crippen molar-refractivity contribution in [2.45, 2.75) is 38.8 Å². The fourth-order valence-corrected chi connectivity index (χ4v) is 0.839. The van der Waals surface area contributed by atoms with Crippen molar-refractivity contribution in [3.05, 3.63) is 0 Å². The van der Waals surface area contributed by atoms with Gasteiger partial charge in [0.25, 0.3) is 0 Å². The molecule has 0 saturated heterocycles. The van der Waals surface area contributed by atoms with E-state index < -0.39 is 18.0 Å². The third-order valence-corrected chi connectivity index (χ3v) is 1.84. The van der Waals surface area contributed by atoms with Gasteiger partial charge in [0.1, 0.15) is 6.04 Å². The molecule has 0 rings (SSSR count). The van der Waals surface area contributed by atoms with Crippen molar-refractivity contribution in [1.82, 2.24) is 5.32 Å². The van der Waals surface area contributed by atoms with Gasteiger partial charge in [0, 0.05) is 0 Å². The van der Waals surface area contributed by atoms with Crippen LogP contribution in [0.5, 0.6) is 0 Å². The molecule has 0 aliphatic carbocycles. The van der Waals surface area contributed by atoms with Crippen molar-refractivity contribution in [2.24, 2.45) is 11.5 Å². The number of amides is 2. The first-order valence-corrected chi connectivity index (χ1v) is 4.38. The standard InChI is InChI=1S/C8H17N3O2.ClH/c1-3-5(9)8(13)11-6(4-2)7(10)12;/h5-6H,3-4,9H2,1-2H3,(H2,10,12)(H,11,13);1H/t5-,6-;/m0./s1. The number of nitrogens with two attached hydrogens (primary N) is 2. The van der Waals surface area contributed by atoms with Crippen molar-refractivity contribution < 1.29 is 9.59 Å². The monoisotopic (exact) mass is 223 g/mol. The SMILES string of the molecule is CC[C@H](NC(=O)[C@@H](N)CC)C(N)=O.Cl. The van der Waals surface area contributed by atoms with Crippen LogP contribution in [0.3, 0.4) is 0 Å². The Bertz CT molecular complexity index is 199. The van der Waals surface area contributed by atoms with E-state index in [9.17, 15) is 9.59 Å². The third-order valence-electron chi connectivity index (χ3n) is 1.84. The van der Waals surface area contributed by atoms with E-state index in [4.69, 9.17) is 11.5 Å². The predicted molar refractivity (Wildman–Crippen MR) is 56.9 cm³/mol. The second-order valence-corrected chi connectivity index (χ2v) is 2.89. The first kappa shape index (κ1) is 15.7. The van der Waals surface area contributed by atoms with Gasteiger partial charge in [-0.1, -0.05) is 13.8 Å².